The van der Waals surface area contributed by atoms with Crippen molar-refractivity contribution in [3.8, 4) is 5.75 Å². The van der Waals surface area contributed by atoms with Crippen LogP contribution in [0.1, 0.15) is 31.2 Å². The third kappa shape index (κ3) is 7.26. The molecule has 1 fully saturated rings. The molecule has 1 saturated heterocycles. The molecule has 29 heavy (non-hydrogen) atoms. The SMILES string of the molecule is O=C(CCCc1ccccc1)NCC1CCN(C(=O)COc2ccccc2)CC1. The second-order valence-corrected chi connectivity index (χ2v) is 7.57. The Morgan fingerprint density at radius 1 is 0.966 bits per heavy atom. The molecule has 2 aromatic carbocycles. The predicted molar refractivity (Wildman–Crippen MR) is 114 cm³/mol. The van der Waals surface area contributed by atoms with E-state index < -0.39 is 0 Å². The average Bonchev–Trinajstić information content (AvgIpc) is 2.78. The Kier molecular flexibility index (Phi) is 8.11. The van der Waals surface area contributed by atoms with Gasteiger partial charge in [-0.15, -0.1) is 0 Å². The molecule has 0 bridgehead atoms. The Morgan fingerprint density at radius 2 is 1.62 bits per heavy atom. The van der Waals surface area contributed by atoms with E-state index in [9.17, 15) is 9.59 Å². The number of likely N-dealkylation sites (tertiary alicyclic amines) is 1. The van der Waals surface area contributed by atoms with Crippen molar-refractivity contribution >= 4 is 11.8 Å². The molecule has 0 spiro atoms. The van der Waals surface area contributed by atoms with E-state index in [1.54, 1.807) is 0 Å². The molecule has 1 heterocycles. The summed E-state index contributed by atoms with van der Waals surface area (Å²) in [6.45, 7) is 2.23. The maximum atomic E-state index is 12.3. The van der Waals surface area contributed by atoms with E-state index in [0.717, 1.165) is 38.8 Å². The normalized spacial score (nSPS) is 14.4. The molecule has 0 aromatic heterocycles. The largest absolute Gasteiger partial charge is 0.484 e. The van der Waals surface area contributed by atoms with Gasteiger partial charge in [0.1, 0.15) is 5.75 Å². The van der Waals surface area contributed by atoms with Crippen molar-refractivity contribution < 1.29 is 14.3 Å². The molecule has 3 rings (SSSR count). The van der Waals surface area contributed by atoms with E-state index in [-0.39, 0.29) is 18.4 Å². The highest BCUT2D eigenvalue weighted by atomic mass is 16.5. The molecule has 0 saturated carbocycles. The van der Waals surface area contributed by atoms with Gasteiger partial charge in [-0.25, -0.2) is 0 Å². The molecule has 5 heteroatoms. The lowest BCUT2D eigenvalue weighted by molar-refractivity contribution is -0.135. The van der Waals surface area contributed by atoms with Crippen LogP contribution in [0.15, 0.2) is 60.7 Å². The first kappa shape index (κ1) is 20.9. The first-order valence-electron chi connectivity index (χ1n) is 10.5. The Hall–Kier alpha value is -2.82. The number of carbonyl (C=O) groups excluding carboxylic acids is 2. The van der Waals surface area contributed by atoms with Gasteiger partial charge in [0, 0.05) is 26.1 Å². The number of carbonyl (C=O) groups is 2. The fourth-order valence-electron chi connectivity index (χ4n) is 3.58. The summed E-state index contributed by atoms with van der Waals surface area (Å²) in [7, 11) is 0. The summed E-state index contributed by atoms with van der Waals surface area (Å²) in [6.07, 6.45) is 4.19. The lowest BCUT2D eigenvalue weighted by Gasteiger charge is -2.32. The van der Waals surface area contributed by atoms with Crippen molar-refractivity contribution in [2.45, 2.75) is 32.1 Å². The van der Waals surface area contributed by atoms with Gasteiger partial charge in [-0.1, -0.05) is 48.5 Å². The number of hydrogen-bond donors (Lipinski definition) is 1. The van der Waals surface area contributed by atoms with Crippen molar-refractivity contribution in [2.24, 2.45) is 5.92 Å². The Labute approximate surface area is 173 Å². The molecule has 5 nitrogen and oxygen atoms in total. The standard InChI is InChI=1S/C24H30N2O3/c27-23(13-7-10-20-8-3-1-4-9-20)25-18-21-14-16-26(17-15-21)24(28)19-29-22-11-5-2-6-12-22/h1-6,8-9,11-12,21H,7,10,13-19H2,(H,25,27). The van der Waals surface area contributed by atoms with Gasteiger partial charge in [0.05, 0.1) is 0 Å². The molecule has 1 aliphatic rings. The third-order valence-corrected chi connectivity index (χ3v) is 5.37. The summed E-state index contributed by atoms with van der Waals surface area (Å²) in [5.41, 5.74) is 1.27. The van der Waals surface area contributed by atoms with Crippen molar-refractivity contribution in [3.05, 3.63) is 66.2 Å². The van der Waals surface area contributed by atoms with Gasteiger partial charge in [0.25, 0.3) is 5.91 Å². The molecule has 2 aromatic rings. The molecule has 1 N–H and O–H groups in total. The van der Waals surface area contributed by atoms with E-state index in [1.165, 1.54) is 5.56 Å². The van der Waals surface area contributed by atoms with E-state index in [4.69, 9.17) is 4.74 Å². The second kappa shape index (κ2) is 11.2. The number of ether oxygens (including phenoxy) is 1. The highest BCUT2D eigenvalue weighted by molar-refractivity contribution is 5.78. The highest BCUT2D eigenvalue weighted by Gasteiger charge is 2.23. The van der Waals surface area contributed by atoms with Gasteiger partial charge in [-0.3, -0.25) is 9.59 Å². The van der Waals surface area contributed by atoms with Gasteiger partial charge >= 0.3 is 0 Å². The number of nitrogens with one attached hydrogen (secondary N) is 1. The molecule has 0 radical (unpaired) electrons. The van der Waals surface area contributed by atoms with E-state index in [2.05, 4.69) is 17.4 Å². The molecule has 1 aliphatic heterocycles. The van der Waals surface area contributed by atoms with Crippen molar-refractivity contribution in [2.75, 3.05) is 26.2 Å². The first-order chi connectivity index (χ1) is 14.2. The van der Waals surface area contributed by atoms with Gasteiger partial charge < -0.3 is 15.0 Å². The van der Waals surface area contributed by atoms with Crippen molar-refractivity contribution in [1.29, 1.82) is 0 Å². The molecule has 154 valence electrons. The molecule has 0 unspecified atom stereocenters. The summed E-state index contributed by atoms with van der Waals surface area (Å²) in [5, 5.41) is 3.06. The van der Waals surface area contributed by atoms with Crippen LogP contribution in [-0.4, -0.2) is 43.0 Å². The van der Waals surface area contributed by atoms with Gasteiger partial charge in [0.2, 0.25) is 5.91 Å². The number of amides is 2. The number of aryl methyl sites for hydroxylation is 1. The van der Waals surface area contributed by atoms with Crippen molar-refractivity contribution in [1.82, 2.24) is 10.2 Å². The van der Waals surface area contributed by atoms with Gasteiger partial charge in [-0.05, 0) is 49.3 Å². The van der Waals surface area contributed by atoms with Crippen LogP contribution in [0.2, 0.25) is 0 Å². The molecule has 0 atom stereocenters. The molecular weight excluding hydrogens is 364 g/mol. The van der Waals surface area contributed by atoms with E-state index >= 15 is 0 Å². The number of hydrogen-bond acceptors (Lipinski definition) is 3. The third-order valence-electron chi connectivity index (χ3n) is 5.37. The predicted octanol–water partition coefficient (Wildman–Crippen LogP) is 3.44. The van der Waals surface area contributed by atoms with Crippen LogP contribution < -0.4 is 10.1 Å². The van der Waals surface area contributed by atoms with Crippen LogP contribution in [0, 0.1) is 5.92 Å². The van der Waals surface area contributed by atoms with Crippen molar-refractivity contribution in [3.63, 3.8) is 0 Å². The molecule has 0 aliphatic carbocycles. The second-order valence-electron chi connectivity index (χ2n) is 7.57. The summed E-state index contributed by atoms with van der Waals surface area (Å²) < 4.78 is 5.55. The summed E-state index contributed by atoms with van der Waals surface area (Å²) >= 11 is 0. The Bertz CT molecular complexity index is 756. The number of piperidine rings is 1. The summed E-state index contributed by atoms with van der Waals surface area (Å²) in [4.78, 5) is 26.2. The number of nitrogens with zero attached hydrogens (tertiary/aromatic N) is 1. The maximum Gasteiger partial charge on any atom is 0.260 e. The minimum absolute atomic E-state index is 0.0252. The number of para-hydroxylation sites is 1. The quantitative estimate of drug-likeness (QED) is 0.709. The zero-order valence-electron chi connectivity index (χ0n) is 16.9. The average molecular weight is 395 g/mol. The maximum absolute atomic E-state index is 12.3. The zero-order chi connectivity index (χ0) is 20.3. The summed E-state index contributed by atoms with van der Waals surface area (Å²) in [6, 6.07) is 19.6. The lowest BCUT2D eigenvalue weighted by Crippen LogP contribution is -2.43. The van der Waals surface area contributed by atoms with E-state index in [0.29, 0.717) is 24.6 Å². The first-order valence-corrected chi connectivity index (χ1v) is 10.5. The lowest BCUT2D eigenvalue weighted by atomic mass is 9.96. The van der Waals surface area contributed by atoms with Crippen LogP contribution in [0.25, 0.3) is 0 Å². The zero-order valence-corrected chi connectivity index (χ0v) is 16.9. The van der Waals surface area contributed by atoms with E-state index in [1.807, 2.05) is 53.4 Å². The minimum Gasteiger partial charge on any atom is -0.484 e. The summed E-state index contributed by atoms with van der Waals surface area (Å²) in [5.74, 6) is 1.30. The molecular formula is C24H30N2O3. The Morgan fingerprint density at radius 3 is 2.31 bits per heavy atom. The minimum atomic E-state index is 0.0252. The van der Waals surface area contributed by atoms with Crippen LogP contribution in [0.5, 0.6) is 5.75 Å². The van der Waals surface area contributed by atoms with Crippen LogP contribution >= 0.6 is 0 Å². The van der Waals surface area contributed by atoms with Gasteiger partial charge in [-0.2, -0.15) is 0 Å². The van der Waals surface area contributed by atoms with Crippen LogP contribution in [0.3, 0.4) is 0 Å². The smallest absolute Gasteiger partial charge is 0.260 e. The molecule has 2 amide bonds. The fourth-order valence-corrected chi connectivity index (χ4v) is 3.58. The Balaban J connectivity index is 1.27. The fraction of sp³-hybridized carbons (Fsp3) is 0.417. The monoisotopic (exact) mass is 394 g/mol. The van der Waals surface area contributed by atoms with Gasteiger partial charge in [0.15, 0.2) is 6.61 Å². The number of benzene rings is 2. The van der Waals surface area contributed by atoms with Crippen LogP contribution in [0.4, 0.5) is 0 Å². The number of rotatable bonds is 9. The topological polar surface area (TPSA) is 58.6 Å². The highest BCUT2D eigenvalue weighted by Crippen LogP contribution is 2.17. The van der Waals surface area contributed by atoms with Crippen LogP contribution in [-0.2, 0) is 16.0 Å².